The van der Waals surface area contributed by atoms with Crippen LogP contribution in [0.15, 0.2) is 36.4 Å². The predicted octanol–water partition coefficient (Wildman–Crippen LogP) is 0.953. The fraction of sp³-hybridized carbons (Fsp3) is 0.0833. The Morgan fingerprint density at radius 2 is 1.89 bits per heavy atom. The molecule has 19 heavy (non-hydrogen) atoms. The van der Waals surface area contributed by atoms with Crippen molar-refractivity contribution in [1.29, 1.82) is 0 Å². The van der Waals surface area contributed by atoms with Crippen LogP contribution in [-0.2, 0) is 9.59 Å². The van der Waals surface area contributed by atoms with Gasteiger partial charge in [-0.05, 0) is 30.8 Å². The van der Waals surface area contributed by atoms with Gasteiger partial charge in [0.2, 0.25) is 0 Å². The first-order valence-electron chi connectivity index (χ1n) is 5.32. The van der Waals surface area contributed by atoms with E-state index in [0.717, 1.165) is 23.4 Å². The Morgan fingerprint density at radius 1 is 1.21 bits per heavy atom. The van der Waals surface area contributed by atoms with Gasteiger partial charge in [0.25, 0.3) is 5.91 Å². The maximum Gasteiger partial charge on any atom is 0.328 e. The van der Waals surface area contributed by atoms with Crippen LogP contribution in [0.5, 0.6) is 0 Å². The number of nitrogens with one attached hydrogen (secondary N) is 3. The van der Waals surface area contributed by atoms with Crippen molar-refractivity contribution in [1.82, 2.24) is 10.9 Å². The molecule has 0 unspecified atom stereocenters. The SMILES string of the molecule is Cc1ccccc1NC(=S)NNC(=O)C=CC(=O)O. The lowest BCUT2D eigenvalue weighted by Gasteiger charge is -2.12. The molecule has 1 aromatic carbocycles. The molecule has 0 saturated heterocycles. The van der Waals surface area contributed by atoms with Crippen molar-refractivity contribution in [3.63, 3.8) is 0 Å². The molecule has 6 nitrogen and oxygen atoms in total. The highest BCUT2D eigenvalue weighted by Gasteiger charge is 2.01. The zero-order valence-corrected chi connectivity index (χ0v) is 11.0. The third kappa shape index (κ3) is 5.64. The molecule has 0 saturated carbocycles. The molecule has 0 spiro atoms. The van der Waals surface area contributed by atoms with Crippen molar-refractivity contribution < 1.29 is 14.7 Å². The van der Waals surface area contributed by atoms with E-state index in [1.165, 1.54) is 0 Å². The summed E-state index contributed by atoms with van der Waals surface area (Å²) in [5.74, 6) is -1.81. The molecule has 0 aromatic heterocycles. The molecule has 1 amide bonds. The Bertz CT molecular complexity index is 529. The van der Waals surface area contributed by atoms with Gasteiger partial charge in [-0.15, -0.1) is 0 Å². The second-order valence-corrected chi connectivity index (χ2v) is 3.96. The van der Waals surface area contributed by atoms with Crippen LogP contribution in [0.25, 0.3) is 0 Å². The monoisotopic (exact) mass is 279 g/mol. The lowest BCUT2D eigenvalue weighted by atomic mass is 10.2. The van der Waals surface area contributed by atoms with Gasteiger partial charge in [-0.25, -0.2) is 4.79 Å². The number of hydrogen-bond donors (Lipinski definition) is 4. The molecule has 0 atom stereocenters. The third-order valence-electron chi connectivity index (χ3n) is 2.07. The van der Waals surface area contributed by atoms with Gasteiger partial charge in [-0.3, -0.25) is 15.6 Å². The van der Waals surface area contributed by atoms with Gasteiger partial charge in [0.05, 0.1) is 0 Å². The number of benzene rings is 1. The van der Waals surface area contributed by atoms with Crippen molar-refractivity contribution in [3.05, 3.63) is 42.0 Å². The molecule has 0 aliphatic rings. The summed E-state index contributed by atoms with van der Waals surface area (Å²) >= 11 is 4.97. The van der Waals surface area contributed by atoms with E-state index < -0.39 is 11.9 Å². The minimum atomic E-state index is -1.20. The number of anilines is 1. The highest BCUT2D eigenvalue weighted by Crippen LogP contribution is 2.12. The summed E-state index contributed by atoms with van der Waals surface area (Å²) in [6, 6.07) is 7.51. The van der Waals surface area contributed by atoms with E-state index >= 15 is 0 Å². The molecule has 100 valence electrons. The summed E-state index contributed by atoms with van der Waals surface area (Å²) in [7, 11) is 0. The van der Waals surface area contributed by atoms with Crippen LogP contribution in [0.2, 0.25) is 0 Å². The number of rotatable bonds is 3. The van der Waals surface area contributed by atoms with E-state index in [-0.39, 0.29) is 5.11 Å². The average molecular weight is 279 g/mol. The molecule has 0 fully saturated rings. The summed E-state index contributed by atoms with van der Waals surface area (Å²) in [6.07, 6.45) is 1.61. The summed E-state index contributed by atoms with van der Waals surface area (Å²) in [5, 5.41) is 11.4. The standard InChI is InChI=1S/C12H13N3O3S/c1-8-4-2-3-5-9(8)13-12(19)15-14-10(16)6-7-11(17)18/h2-7H,1H3,(H,14,16)(H,17,18)(H2,13,15,19). The number of carbonyl (C=O) groups is 2. The van der Waals surface area contributed by atoms with E-state index in [1.54, 1.807) is 0 Å². The van der Waals surface area contributed by atoms with Crippen LogP contribution in [0, 0.1) is 6.92 Å². The van der Waals surface area contributed by atoms with Crippen molar-refractivity contribution in [3.8, 4) is 0 Å². The number of hydrogen-bond acceptors (Lipinski definition) is 3. The minimum Gasteiger partial charge on any atom is -0.478 e. The van der Waals surface area contributed by atoms with Crippen LogP contribution in [0.1, 0.15) is 5.56 Å². The molecule has 0 radical (unpaired) electrons. The summed E-state index contributed by atoms with van der Waals surface area (Å²) in [4.78, 5) is 21.4. The van der Waals surface area contributed by atoms with E-state index in [0.29, 0.717) is 0 Å². The number of thiocarbonyl (C=S) groups is 1. The molecule has 4 N–H and O–H groups in total. The Kier molecular flexibility index (Phi) is 5.49. The van der Waals surface area contributed by atoms with E-state index in [1.807, 2.05) is 31.2 Å². The van der Waals surface area contributed by atoms with Gasteiger partial charge in [-0.2, -0.15) is 0 Å². The first-order chi connectivity index (χ1) is 8.99. The maximum absolute atomic E-state index is 11.2. The Labute approximate surface area is 115 Å². The maximum atomic E-state index is 11.2. The normalized spacial score (nSPS) is 9.95. The van der Waals surface area contributed by atoms with Crippen molar-refractivity contribution in [2.24, 2.45) is 0 Å². The van der Waals surface area contributed by atoms with Crippen LogP contribution >= 0.6 is 12.2 Å². The minimum absolute atomic E-state index is 0.200. The predicted molar refractivity (Wildman–Crippen MR) is 75.5 cm³/mol. The average Bonchev–Trinajstić information content (AvgIpc) is 2.36. The first kappa shape index (κ1) is 14.7. The Morgan fingerprint density at radius 3 is 2.53 bits per heavy atom. The molecule has 0 bridgehead atoms. The van der Waals surface area contributed by atoms with Crippen LogP contribution in [0.4, 0.5) is 5.69 Å². The molecular formula is C12H13N3O3S. The van der Waals surface area contributed by atoms with E-state index in [4.69, 9.17) is 17.3 Å². The zero-order chi connectivity index (χ0) is 14.3. The highest BCUT2D eigenvalue weighted by atomic mass is 32.1. The smallest absolute Gasteiger partial charge is 0.328 e. The van der Waals surface area contributed by atoms with Crippen molar-refractivity contribution in [2.45, 2.75) is 6.92 Å². The van der Waals surface area contributed by atoms with Gasteiger partial charge in [-0.1, -0.05) is 18.2 Å². The number of carboxylic acid groups (broad SMARTS) is 1. The van der Waals surface area contributed by atoms with Crippen LogP contribution < -0.4 is 16.2 Å². The molecular weight excluding hydrogens is 266 g/mol. The number of carbonyl (C=O) groups excluding carboxylic acids is 1. The van der Waals surface area contributed by atoms with Crippen molar-refractivity contribution >= 4 is 34.9 Å². The fourth-order valence-corrected chi connectivity index (χ4v) is 1.33. The van der Waals surface area contributed by atoms with E-state index in [2.05, 4.69) is 16.2 Å². The first-order valence-corrected chi connectivity index (χ1v) is 5.73. The summed E-state index contributed by atoms with van der Waals surface area (Å²) < 4.78 is 0. The molecule has 0 aliphatic carbocycles. The van der Waals surface area contributed by atoms with Gasteiger partial charge in [0.1, 0.15) is 0 Å². The zero-order valence-electron chi connectivity index (χ0n) is 10.1. The van der Waals surface area contributed by atoms with Gasteiger partial charge < -0.3 is 10.4 Å². The van der Waals surface area contributed by atoms with E-state index in [9.17, 15) is 9.59 Å². The molecule has 0 heterocycles. The van der Waals surface area contributed by atoms with Gasteiger partial charge >= 0.3 is 5.97 Å². The third-order valence-corrected chi connectivity index (χ3v) is 2.27. The lowest BCUT2D eigenvalue weighted by molar-refractivity contribution is -0.131. The second-order valence-electron chi connectivity index (χ2n) is 3.55. The number of para-hydroxylation sites is 1. The van der Waals surface area contributed by atoms with Gasteiger partial charge in [0, 0.05) is 17.8 Å². The fourth-order valence-electron chi connectivity index (χ4n) is 1.17. The number of carboxylic acids is 1. The molecule has 7 heteroatoms. The van der Waals surface area contributed by atoms with Gasteiger partial charge in [0.15, 0.2) is 5.11 Å². The molecule has 0 aliphatic heterocycles. The second kappa shape index (κ2) is 7.12. The number of hydrazine groups is 1. The topological polar surface area (TPSA) is 90.5 Å². The molecule has 1 aromatic rings. The largest absolute Gasteiger partial charge is 0.478 e. The summed E-state index contributed by atoms with van der Waals surface area (Å²) in [6.45, 7) is 1.92. The Hall–Kier alpha value is -2.41. The Balaban J connectivity index is 2.43. The summed E-state index contributed by atoms with van der Waals surface area (Å²) in [5.41, 5.74) is 6.51. The molecule has 1 rings (SSSR count). The number of aryl methyl sites for hydroxylation is 1. The lowest BCUT2D eigenvalue weighted by Crippen LogP contribution is -2.43. The number of aliphatic carboxylic acids is 1. The number of amides is 1. The van der Waals surface area contributed by atoms with Crippen LogP contribution in [0.3, 0.4) is 0 Å². The van der Waals surface area contributed by atoms with Crippen molar-refractivity contribution in [2.75, 3.05) is 5.32 Å². The van der Waals surface area contributed by atoms with Crippen LogP contribution in [-0.4, -0.2) is 22.1 Å². The quantitative estimate of drug-likeness (QED) is 0.374. The highest BCUT2D eigenvalue weighted by molar-refractivity contribution is 7.80.